The van der Waals surface area contributed by atoms with Crippen molar-refractivity contribution in [1.29, 1.82) is 0 Å². The SMILES string of the molecule is CC1C=CC=CC1(C)[NH3+].CC1C=CC=CC1(C)[NH3+].CC1C=CC=CC1(C)[NH3+].[O-]B([O-])[O-]. The first-order valence-electron chi connectivity index (χ1n) is 10.7. The molecule has 3 aliphatic carbocycles. The molecule has 0 fully saturated rings. The van der Waals surface area contributed by atoms with Crippen molar-refractivity contribution >= 4 is 7.32 Å². The minimum atomic E-state index is -2.92. The van der Waals surface area contributed by atoms with Gasteiger partial charge < -0.3 is 32.3 Å². The van der Waals surface area contributed by atoms with E-state index in [9.17, 15) is 0 Å². The largest absolute Gasteiger partial charge is 0.907 e. The molecule has 0 spiro atoms. The van der Waals surface area contributed by atoms with Gasteiger partial charge in [-0.3, -0.25) is 7.32 Å². The fourth-order valence-electron chi connectivity index (χ4n) is 2.63. The number of rotatable bonds is 0. The lowest BCUT2D eigenvalue weighted by atomic mass is 9.85. The van der Waals surface area contributed by atoms with Crippen molar-refractivity contribution in [2.75, 3.05) is 0 Å². The monoisotopic (exact) mass is 431 g/mol. The van der Waals surface area contributed by atoms with Crippen LogP contribution in [0, 0.1) is 17.8 Å². The Balaban J connectivity index is 0.000000402. The van der Waals surface area contributed by atoms with Crippen LogP contribution in [0.25, 0.3) is 0 Å². The molecule has 0 aliphatic heterocycles. The van der Waals surface area contributed by atoms with Crippen molar-refractivity contribution in [3.8, 4) is 0 Å². The van der Waals surface area contributed by atoms with Crippen molar-refractivity contribution in [2.45, 2.75) is 58.2 Å². The molecule has 0 saturated heterocycles. The lowest BCUT2D eigenvalue weighted by Crippen LogP contribution is -2.72. The minimum absolute atomic E-state index is 0.120. The molecule has 174 valence electrons. The van der Waals surface area contributed by atoms with Gasteiger partial charge in [0.05, 0.1) is 0 Å². The fraction of sp³-hybridized carbons (Fsp3) is 0.500. The number of hydrogen-bond acceptors (Lipinski definition) is 3. The Morgan fingerprint density at radius 3 is 0.839 bits per heavy atom. The van der Waals surface area contributed by atoms with Crippen LogP contribution in [0.4, 0.5) is 0 Å². The average molecular weight is 431 g/mol. The van der Waals surface area contributed by atoms with Gasteiger partial charge in [-0.15, -0.1) is 0 Å². The minimum Gasteiger partial charge on any atom is -0.907 e. The first-order chi connectivity index (χ1) is 14.1. The van der Waals surface area contributed by atoms with E-state index in [1.165, 1.54) is 0 Å². The van der Waals surface area contributed by atoms with Gasteiger partial charge in [-0.25, -0.2) is 0 Å². The maximum absolute atomic E-state index is 8.42. The molecule has 0 bridgehead atoms. The first-order valence-corrected chi connectivity index (χ1v) is 10.7. The van der Waals surface area contributed by atoms with Crippen LogP contribution in [0.3, 0.4) is 0 Å². The standard InChI is InChI=1S/3C8H13N.BO3/c3*1-7-5-3-4-6-8(7,2)9;2-1(3)4/h3*3-7H,9H2,1-2H3;/q;;;-3/p+3. The molecule has 9 N–H and O–H groups in total. The van der Waals surface area contributed by atoms with Crippen LogP contribution >= 0.6 is 0 Å². The molecule has 0 aromatic heterocycles. The van der Waals surface area contributed by atoms with Crippen LogP contribution in [-0.2, 0) is 0 Å². The summed E-state index contributed by atoms with van der Waals surface area (Å²) in [4.78, 5) is 0. The Morgan fingerprint density at radius 1 is 0.548 bits per heavy atom. The highest BCUT2D eigenvalue weighted by Crippen LogP contribution is 2.19. The molecule has 3 aliphatic rings. The predicted molar refractivity (Wildman–Crippen MR) is 122 cm³/mol. The van der Waals surface area contributed by atoms with E-state index in [1.54, 1.807) is 0 Å². The molecule has 0 radical (unpaired) electrons. The second kappa shape index (κ2) is 13.0. The molecule has 3 rings (SSSR count). The van der Waals surface area contributed by atoms with Crippen molar-refractivity contribution in [3.05, 3.63) is 72.9 Å². The molecule has 0 amide bonds. The summed E-state index contributed by atoms with van der Waals surface area (Å²) < 4.78 is 0. The molecule has 0 aromatic carbocycles. The second-order valence-electron chi connectivity index (χ2n) is 9.40. The highest BCUT2D eigenvalue weighted by atomic mass is 16.5. The Bertz CT molecular complexity index is 612. The maximum atomic E-state index is 8.42. The van der Waals surface area contributed by atoms with Gasteiger partial charge in [0.25, 0.3) is 0 Å². The van der Waals surface area contributed by atoms with Crippen molar-refractivity contribution in [1.82, 2.24) is 0 Å². The van der Waals surface area contributed by atoms with Gasteiger partial charge in [0.15, 0.2) is 0 Å². The van der Waals surface area contributed by atoms with Crippen molar-refractivity contribution < 1.29 is 32.3 Å². The zero-order valence-electron chi connectivity index (χ0n) is 20.1. The van der Waals surface area contributed by atoms with Gasteiger partial charge in [-0.05, 0) is 39.0 Å². The number of quaternary nitrogens is 3. The number of hydrogen-bond donors (Lipinski definition) is 3. The Labute approximate surface area is 188 Å². The van der Waals surface area contributed by atoms with E-state index >= 15 is 0 Å². The zero-order valence-corrected chi connectivity index (χ0v) is 20.1. The molecule has 0 heterocycles. The molecule has 0 aromatic rings. The van der Waals surface area contributed by atoms with Gasteiger partial charge in [-0.1, -0.05) is 75.5 Å². The Kier molecular flexibility index (Phi) is 12.2. The number of allylic oxidation sites excluding steroid dienone is 6. The molecule has 7 heteroatoms. The van der Waals surface area contributed by atoms with E-state index < -0.39 is 7.32 Å². The van der Waals surface area contributed by atoms with E-state index in [0.717, 1.165) is 0 Å². The molecule has 6 atom stereocenters. The third kappa shape index (κ3) is 12.0. The molecular formula is C24H42BN3O3. The van der Waals surface area contributed by atoms with Gasteiger partial charge in [0.1, 0.15) is 16.6 Å². The second-order valence-corrected chi connectivity index (χ2v) is 9.40. The van der Waals surface area contributed by atoms with Crippen LogP contribution in [0.2, 0.25) is 0 Å². The fourth-order valence-corrected chi connectivity index (χ4v) is 2.63. The smallest absolute Gasteiger partial charge is 0.117 e. The normalized spacial score (nSPS) is 37.0. The Morgan fingerprint density at radius 2 is 0.742 bits per heavy atom. The summed E-state index contributed by atoms with van der Waals surface area (Å²) in [6, 6.07) is 0. The lowest BCUT2D eigenvalue weighted by molar-refractivity contribution is -0.479. The lowest BCUT2D eigenvalue weighted by Gasteiger charge is -2.35. The van der Waals surface area contributed by atoms with E-state index in [1.807, 2.05) is 0 Å². The quantitative estimate of drug-likeness (QED) is 0.392. The average Bonchev–Trinajstić information content (AvgIpc) is 2.63. The Hall–Kier alpha value is -1.74. The van der Waals surface area contributed by atoms with E-state index in [4.69, 9.17) is 15.1 Å². The third-order valence-electron chi connectivity index (χ3n) is 6.08. The van der Waals surface area contributed by atoms with Crippen LogP contribution in [0.5, 0.6) is 0 Å². The summed E-state index contributed by atoms with van der Waals surface area (Å²) in [6.45, 7) is 13.0. The van der Waals surface area contributed by atoms with Gasteiger partial charge >= 0.3 is 0 Å². The summed E-state index contributed by atoms with van der Waals surface area (Å²) in [5.41, 5.74) is 12.6. The summed E-state index contributed by atoms with van der Waals surface area (Å²) in [5.74, 6) is 1.72. The molecule has 31 heavy (non-hydrogen) atoms. The van der Waals surface area contributed by atoms with E-state index in [2.05, 4.69) is 132 Å². The predicted octanol–water partition coefficient (Wildman–Crippen LogP) is -1.70. The van der Waals surface area contributed by atoms with Gasteiger partial charge in [0, 0.05) is 17.8 Å². The molecular weight excluding hydrogens is 389 g/mol. The maximum Gasteiger partial charge on any atom is 0.117 e. The molecule has 6 nitrogen and oxygen atoms in total. The van der Waals surface area contributed by atoms with Crippen molar-refractivity contribution in [2.24, 2.45) is 17.8 Å². The van der Waals surface area contributed by atoms with E-state index in [-0.39, 0.29) is 16.6 Å². The van der Waals surface area contributed by atoms with Gasteiger partial charge in [0.2, 0.25) is 0 Å². The summed E-state index contributed by atoms with van der Waals surface area (Å²) in [5, 5.41) is 25.2. The summed E-state index contributed by atoms with van der Waals surface area (Å²) in [7, 11) is -2.92. The first kappa shape index (κ1) is 29.3. The third-order valence-corrected chi connectivity index (χ3v) is 6.08. The van der Waals surface area contributed by atoms with Crippen LogP contribution in [0.15, 0.2) is 72.9 Å². The van der Waals surface area contributed by atoms with E-state index in [0.29, 0.717) is 17.8 Å². The molecule has 6 unspecified atom stereocenters. The van der Waals surface area contributed by atoms with Crippen LogP contribution in [-0.4, -0.2) is 23.9 Å². The highest BCUT2D eigenvalue weighted by Gasteiger charge is 2.27. The summed E-state index contributed by atoms with van der Waals surface area (Å²) in [6.07, 6.45) is 25.4. The van der Waals surface area contributed by atoms with Crippen LogP contribution < -0.4 is 32.3 Å². The summed E-state index contributed by atoms with van der Waals surface area (Å²) >= 11 is 0. The molecule has 0 saturated carbocycles. The topological polar surface area (TPSA) is 152 Å². The van der Waals surface area contributed by atoms with Crippen LogP contribution in [0.1, 0.15) is 41.5 Å². The zero-order chi connectivity index (χ0) is 24.3. The highest BCUT2D eigenvalue weighted by molar-refractivity contribution is 6.24. The van der Waals surface area contributed by atoms with Gasteiger partial charge in [-0.2, -0.15) is 0 Å². The van der Waals surface area contributed by atoms with Crippen molar-refractivity contribution in [3.63, 3.8) is 0 Å².